The van der Waals surface area contributed by atoms with Gasteiger partial charge in [-0.05, 0) is 0 Å². The molecule has 0 bridgehead atoms. The van der Waals surface area contributed by atoms with Gasteiger partial charge in [-0.25, -0.2) is 0 Å². The Morgan fingerprint density at radius 2 is 1.25 bits per heavy atom. The van der Waals surface area contributed by atoms with Crippen molar-refractivity contribution in [2.24, 2.45) is 0 Å². The van der Waals surface area contributed by atoms with Crippen molar-refractivity contribution < 1.29 is 31.8 Å². The van der Waals surface area contributed by atoms with Crippen LogP contribution >= 0.6 is 0 Å². The Balaban J connectivity index is 0. The zero-order valence-corrected chi connectivity index (χ0v) is 3.53. The van der Waals surface area contributed by atoms with Crippen molar-refractivity contribution in [3.8, 4) is 0 Å². The molecule has 2 nitrogen and oxygen atoms in total. The Labute approximate surface area is 40.0 Å². The maximum Gasteiger partial charge on any atom is 4.00 e. The third kappa shape index (κ3) is 15.9. The molecule has 1 radical (unpaired) electrons. The monoisotopic (exact) mass is 93.0 g/mol. The van der Waals surface area contributed by atoms with Crippen molar-refractivity contribution in [1.29, 1.82) is 0 Å². The van der Waals surface area contributed by atoms with Crippen molar-refractivity contribution in [3.63, 3.8) is 0 Å². The summed E-state index contributed by atoms with van der Waals surface area (Å²) >= 11 is 0. The number of hydrogen-bond donors (Lipinski definition) is 2. The van der Waals surface area contributed by atoms with Crippen LogP contribution in [0.1, 0.15) is 0 Å². The molecule has 2 N–H and O–H groups in total. The normalized spacial score (nSPS) is 3.50. The second kappa shape index (κ2) is 9.33. The molecule has 0 spiro atoms. The average molecular weight is 92.7 g/mol. The molecule has 0 aliphatic carbocycles. The third-order valence-corrected chi connectivity index (χ3v) is 0. The van der Waals surface area contributed by atoms with Gasteiger partial charge in [0.05, 0.1) is 0 Å². The van der Waals surface area contributed by atoms with Crippen LogP contribution in [0.15, 0.2) is 0 Å². The summed E-state index contributed by atoms with van der Waals surface area (Å²) in [5.74, 6) is 0. The summed E-state index contributed by atoms with van der Waals surface area (Å²) in [6, 6.07) is 0. The van der Waals surface area contributed by atoms with Crippen LogP contribution in [0.25, 0.3) is 0 Å². The fourth-order valence-corrected chi connectivity index (χ4v) is 0. The standard InChI is InChI=1S/BH2O2.Ti/c2-1-3;/h2-3H;/q;+4. The van der Waals surface area contributed by atoms with Crippen LogP contribution in [0, 0.1) is 0 Å². The maximum atomic E-state index is 7.00. The quantitative estimate of drug-likeness (QED) is 0.358. The van der Waals surface area contributed by atoms with Gasteiger partial charge >= 0.3 is 29.4 Å². The van der Waals surface area contributed by atoms with Gasteiger partial charge in [0.1, 0.15) is 0 Å². The molecule has 0 aliphatic rings. The second-order valence-corrected chi connectivity index (χ2v) is 0.115. The molecule has 0 unspecified atom stereocenters. The van der Waals surface area contributed by atoms with E-state index >= 15 is 0 Å². The van der Waals surface area contributed by atoms with Crippen LogP contribution in [-0.2, 0) is 21.7 Å². The van der Waals surface area contributed by atoms with Crippen LogP contribution < -0.4 is 0 Å². The van der Waals surface area contributed by atoms with Gasteiger partial charge in [-0.2, -0.15) is 0 Å². The SMILES string of the molecule is O[B]O.[Ti+4]. The van der Waals surface area contributed by atoms with E-state index in [2.05, 4.69) is 0 Å². The first-order chi connectivity index (χ1) is 1.41. The Hall–Kier alpha value is 0.699. The number of hydrogen-bond acceptors (Lipinski definition) is 2. The minimum Gasteiger partial charge on any atom is -0.429 e. The minimum absolute atomic E-state index is 0. The van der Waals surface area contributed by atoms with Crippen LogP contribution in [0.4, 0.5) is 0 Å². The molecule has 0 aromatic carbocycles. The molecule has 0 rings (SSSR count). The molecule has 0 saturated heterocycles. The van der Waals surface area contributed by atoms with E-state index in [4.69, 9.17) is 10.0 Å². The van der Waals surface area contributed by atoms with Gasteiger partial charge in [0.15, 0.2) is 0 Å². The van der Waals surface area contributed by atoms with E-state index in [0.717, 1.165) is 0 Å². The largest absolute Gasteiger partial charge is 4.00 e. The van der Waals surface area contributed by atoms with E-state index in [1.165, 1.54) is 0 Å². The van der Waals surface area contributed by atoms with E-state index in [0.29, 0.717) is 0 Å². The Morgan fingerprint density at radius 1 is 1.25 bits per heavy atom. The molecule has 0 atom stereocenters. The van der Waals surface area contributed by atoms with Gasteiger partial charge in [0.2, 0.25) is 0 Å². The van der Waals surface area contributed by atoms with E-state index in [1.807, 2.05) is 0 Å². The Bertz CT molecular complexity index is 6.00. The molecule has 0 aliphatic heterocycles. The van der Waals surface area contributed by atoms with Crippen LogP contribution in [0.5, 0.6) is 0 Å². The maximum absolute atomic E-state index is 7.00. The molecular formula is H2BO2Ti+4. The zero-order chi connectivity index (χ0) is 2.71. The van der Waals surface area contributed by atoms with Gasteiger partial charge in [0.25, 0.3) is 0 Å². The molecule has 0 aromatic rings. The summed E-state index contributed by atoms with van der Waals surface area (Å²) in [5.41, 5.74) is 0. The summed E-state index contributed by atoms with van der Waals surface area (Å²) in [4.78, 5) is 0. The molecular weight excluding hydrogens is 90.7 g/mol. The smallest absolute Gasteiger partial charge is 0.429 e. The molecule has 0 aromatic heterocycles. The van der Waals surface area contributed by atoms with Crippen LogP contribution in [-0.4, -0.2) is 17.7 Å². The second-order valence-electron chi connectivity index (χ2n) is 0.115. The first-order valence-corrected chi connectivity index (χ1v) is 0.516. The van der Waals surface area contributed by atoms with E-state index in [-0.39, 0.29) is 29.4 Å². The van der Waals surface area contributed by atoms with Gasteiger partial charge in [-0.3, -0.25) is 0 Å². The number of rotatable bonds is 0. The topological polar surface area (TPSA) is 40.5 Å². The van der Waals surface area contributed by atoms with Crippen LogP contribution in [0.2, 0.25) is 0 Å². The van der Waals surface area contributed by atoms with Crippen molar-refractivity contribution in [2.75, 3.05) is 0 Å². The van der Waals surface area contributed by atoms with Gasteiger partial charge in [0, 0.05) is 0 Å². The van der Waals surface area contributed by atoms with Gasteiger partial charge < -0.3 is 10.0 Å². The fourth-order valence-electron chi connectivity index (χ4n) is 0. The summed E-state index contributed by atoms with van der Waals surface area (Å²) in [6.45, 7) is 0. The molecule has 0 saturated carbocycles. The van der Waals surface area contributed by atoms with Gasteiger partial charge in [-0.15, -0.1) is 0 Å². The van der Waals surface area contributed by atoms with E-state index in [1.54, 1.807) is 0 Å². The predicted molar refractivity (Wildman–Crippen MR) is 10.2 cm³/mol. The molecule has 4 heteroatoms. The summed E-state index contributed by atoms with van der Waals surface area (Å²) in [5, 5.41) is 14.0. The summed E-state index contributed by atoms with van der Waals surface area (Å²) < 4.78 is 0. The molecule has 4 heavy (non-hydrogen) atoms. The van der Waals surface area contributed by atoms with Crippen molar-refractivity contribution in [2.45, 2.75) is 0 Å². The van der Waals surface area contributed by atoms with Gasteiger partial charge in [-0.1, -0.05) is 0 Å². The predicted octanol–water partition coefficient (Wildman–Crippen LogP) is -1.50. The Morgan fingerprint density at radius 3 is 1.25 bits per heavy atom. The van der Waals surface area contributed by atoms with E-state index in [9.17, 15) is 0 Å². The first kappa shape index (κ1) is 8.83. The third-order valence-electron chi connectivity index (χ3n) is 0. The first-order valence-electron chi connectivity index (χ1n) is 0.516. The summed E-state index contributed by atoms with van der Waals surface area (Å²) in [6.07, 6.45) is 0. The molecule has 0 amide bonds. The average Bonchev–Trinajstić information content (AvgIpc) is 0.918. The fraction of sp³-hybridized carbons (Fsp3) is 0. The zero-order valence-electron chi connectivity index (χ0n) is 1.97. The minimum atomic E-state index is 0. The molecule has 0 heterocycles. The summed E-state index contributed by atoms with van der Waals surface area (Å²) in [7, 11) is 0. The molecule has 0 fully saturated rings. The van der Waals surface area contributed by atoms with E-state index < -0.39 is 0 Å². The van der Waals surface area contributed by atoms with Crippen molar-refractivity contribution in [1.82, 2.24) is 0 Å². The Kier molecular flexibility index (Phi) is 20.6. The molecule has 17 valence electrons. The van der Waals surface area contributed by atoms with Crippen LogP contribution in [0.3, 0.4) is 0 Å². The van der Waals surface area contributed by atoms with Crippen molar-refractivity contribution >= 4 is 7.69 Å². The van der Waals surface area contributed by atoms with Crippen molar-refractivity contribution in [3.05, 3.63) is 0 Å².